The Kier molecular flexibility index (Phi) is 3.33. The van der Waals surface area contributed by atoms with Crippen LogP contribution in [0.1, 0.15) is 13.2 Å². The number of halogens is 1. The van der Waals surface area contributed by atoms with Crippen molar-refractivity contribution < 1.29 is 19.7 Å². The van der Waals surface area contributed by atoms with Crippen molar-refractivity contribution >= 4 is 22.6 Å². The van der Waals surface area contributed by atoms with Gasteiger partial charge in [0.05, 0.1) is 24.2 Å². The Hall–Kier alpha value is -1.34. The fourth-order valence-electron chi connectivity index (χ4n) is 2.46. The van der Waals surface area contributed by atoms with Gasteiger partial charge in [-0.05, 0) is 30.7 Å². The van der Waals surface area contributed by atoms with Crippen molar-refractivity contribution in [2.45, 2.75) is 31.5 Å². The summed E-state index contributed by atoms with van der Waals surface area (Å²) in [5.74, 6) is 0.667. The molecule has 0 bridgehead atoms. The van der Waals surface area contributed by atoms with Crippen molar-refractivity contribution in [3.8, 4) is 5.75 Å². The third-order valence-corrected chi connectivity index (χ3v) is 3.85. The van der Waals surface area contributed by atoms with Crippen LogP contribution in [0.2, 0.25) is 5.28 Å². The molecule has 0 unspecified atom stereocenters. The van der Waals surface area contributed by atoms with Crippen molar-refractivity contribution in [3.05, 3.63) is 23.5 Å². The molecule has 0 aliphatic carbocycles. The van der Waals surface area contributed by atoms with Gasteiger partial charge in [0, 0.05) is 6.07 Å². The Bertz CT molecular complexity index is 645. The van der Waals surface area contributed by atoms with Crippen molar-refractivity contribution in [3.63, 3.8) is 0 Å². The number of aromatic nitrogens is 2. The summed E-state index contributed by atoms with van der Waals surface area (Å²) in [5.41, 5.74) is 1.35. The summed E-state index contributed by atoms with van der Waals surface area (Å²) in [6.07, 6.45) is -3.23. The molecule has 1 aliphatic heterocycles. The van der Waals surface area contributed by atoms with Crippen LogP contribution >= 0.6 is 11.6 Å². The number of aliphatic hydroxyl groups excluding tert-OH is 2. The normalized spacial score (nSPS) is 30.1. The van der Waals surface area contributed by atoms with Gasteiger partial charge in [0.15, 0.2) is 6.23 Å². The highest BCUT2D eigenvalue weighted by Gasteiger charge is 2.42. The van der Waals surface area contributed by atoms with Crippen LogP contribution in [0.5, 0.6) is 5.75 Å². The van der Waals surface area contributed by atoms with Crippen molar-refractivity contribution in [1.82, 2.24) is 9.55 Å². The molecule has 1 fully saturated rings. The highest BCUT2D eigenvalue weighted by atomic mass is 35.5. The molecule has 1 aromatic carbocycles. The molecular formula is C13H15ClN2O4. The topological polar surface area (TPSA) is 76.7 Å². The predicted molar refractivity (Wildman–Crippen MR) is 72.9 cm³/mol. The predicted octanol–water partition coefficient (Wildman–Crippen LogP) is 1.34. The first-order chi connectivity index (χ1) is 9.52. The van der Waals surface area contributed by atoms with Gasteiger partial charge >= 0.3 is 0 Å². The molecule has 2 aromatic rings. The SMILES string of the molecule is COc1ccc2c(c1)nc(Cl)n2[C@@H]1O[C@H](C)[C@@H](O)[C@H]1O. The average Bonchev–Trinajstić information content (AvgIpc) is 2.88. The molecule has 3 rings (SSSR count). The van der Waals surface area contributed by atoms with E-state index in [9.17, 15) is 10.2 Å². The second kappa shape index (κ2) is 4.89. The lowest BCUT2D eigenvalue weighted by Gasteiger charge is -2.18. The number of fused-ring (bicyclic) bond motifs is 1. The van der Waals surface area contributed by atoms with Crippen LogP contribution in [0.4, 0.5) is 0 Å². The van der Waals surface area contributed by atoms with Gasteiger partial charge in [0.25, 0.3) is 0 Å². The smallest absolute Gasteiger partial charge is 0.206 e. The summed E-state index contributed by atoms with van der Waals surface area (Å²) in [6.45, 7) is 1.70. The monoisotopic (exact) mass is 298 g/mol. The van der Waals surface area contributed by atoms with Crippen LogP contribution in [-0.4, -0.2) is 45.2 Å². The number of aliphatic hydroxyl groups is 2. The van der Waals surface area contributed by atoms with Crippen LogP contribution in [0.15, 0.2) is 18.2 Å². The number of nitrogens with zero attached hydrogens (tertiary/aromatic N) is 2. The molecule has 1 aromatic heterocycles. The average molecular weight is 299 g/mol. The number of methoxy groups -OCH3 is 1. The maximum absolute atomic E-state index is 10.1. The summed E-state index contributed by atoms with van der Waals surface area (Å²) in [7, 11) is 1.57. The van der Waals surface area contributed by atoms with Gasteiger partial charge in [-0.15, -0.1) is 0 Å². The highest BCUT2D eigenvalue weighted by Crippen LogP contribution is 2.35. The first-order valence-corrected chi connectivity index (χ1v) is 6.64. The van der Waals surface area contributed by atoms with Gasteiger partial charge in [-0.3, -0.25) is 4.57 Å². The van der Waals surface area contributed by atoms with Gasteiger partial charge in [-0.1, -0.05) is 0 Å². The van der Waals surface area contributed by atoms with Gasteiger partial charge < -0.3 is 19.7 Å². The standard InChI is InChI=1S/C13H15ClN2O4/c1-6-10(17)11(18)12(20-6)16-9-4-3-7(19-2)5-8(9)15-13(16)14/h3-6,10-12,17-18H,1-2H3/t6-,10-,11-,12-/m1/s1. The van der Waals surface area contributed by atoms with E-state index in [0.717, 1.165) is 0 Å². The maximum Gasteiger partial charge on any atom is 0.206 e. The van der Waals surface area contributed by atoms with Gasteiger partial charge in [0.2, 0.25) is 5.28 Å². The number of imidazole rings is 1. The molecule has 2 heterocycles. The molecule has 6 nitrogen and oxygen atoms in total. The first kappa shape index (κ1) is 13.6. The molecule has 1 aliphatic rings. The molecule has 2 N–H and O–H groups in total. The van der Waals surface area contributed by atoms with Gasteiger partial charge in [0.1, 0.15) is 18.0 Å². The molecule has 0 amide bonds. The largest absolute Gasteiger partial charge is 0.497 e. The molecule has 0 spiro atoms. The highest BCUT2D eigenvalue weighted by molar-refractivity contribution is 6.29. The summed E-state index contributed by atoms with van der Waals surface area (Å²) < 4.78 is 12.3. The molecule has 108 valence electrons. The zero-order valence-electron chi connectivity index (χ0n) is 11.0. The molecule has 0 saturated carbocycles. The van der Waals surface area contributed by atoms with Crippen LogP contribution in [-0.2, 0) is 4.74 Å². The van der Waals surface area contributed by atoms with E-state index in [1.54, 1.807) is 36.8 Å². The van der Waals surface area contributed by atoms with Crippen LogP contribution in [0.3, 0.4) is 0 Å². The fourth-order valence-corrected chi connectivity index (χ4v) is 2.74. The molecule has 0 radical (unpaired) electrons. The lowest BCUT2D eigenvalue weighted by molar-refractivity contribution is -0.0294. The summed E-state index contributed by atoms with van der Waals surface area (Å²) in [6, 6.07) is 5.31. The number of rotatable bonds is 2. The zero-order valence-corrected chi connectivity index (χ0v) is 11.8. The minimum Gasteiger partial charge on any atom is -0.497 e. The van der Waals surface area contributed by atoms with Crippen molar-refractivity contribution in [2.75, 3.05) is 7.11 Å². The van der Waals surface area contributed by atoms with E-state index in [1.807, 2.05) is 0 Å². The van der Waals surface area contributed by atoms with Crippen molar-refractivity contribution in [1.29, 1.82) is 0 Å². The van der Waals surface area contributed by atoms with E-state index in [2.05, 4.69) is 4.98 Å². The lowest BCUT2D eigenvalue weighted by Crippen LogP contribution is -2.30. The minimum absolute atomic E-state index is 0.193. The molecule has 4 atom stereocenters. The number of hydrogen-bond acceptors (Lipinski definition) is 5. The Balaban J connectivity index is 2.10. The molecule has 1 saturated heterocycles. The molecule has 20 heavy (non-hydrogen) atoms. The van der Waals surface area contributed by atoms with Gasteiger partial charge in [-0.2, -0.15) is 0 Å². The third kappa shape index (κ3) is 1.96. The second-order valence-electron chi connectivity index (χ2n) is 4.82. The number of benzene rings is 1. The van der Waals surface area contributed by atoms with Crippen molar-refractivity contribution in [2.24, 2.45) is 0 Å². The van der Waals surface area contributed by atoms with E-state index in [4.69, 9.17) is 21.1 Å². The van der Waals surface area contributed by atoms with Gasteiger partial charge in [-0.25, -0.2) is 4.98 Å². The quantitative estimate of drug-likeness (QED) is 0.875. The Labute approximate surface area is 120 Å². The summed E-state index contributed by atoms with van der Waals surface area (Å²) >= 11 is 6.14. The molecule has 7 heteroatoms. The minimum atomic E-state index is -1.05. The second-order valence-corrected chi connectivity index (χ2v) is 5.16. The van der Waals surface area contributed by atoms with Crippen LogP contribution in [0, 0.1) is 0 Å². The van der Waals surface area contributed by atoms with Crippen LogP contribution in [0.25, 0.3) is 11.0 Å². The van der Waals surface area contributed by atoms with E-state index >= 15 is 0 Å². The van der Waals surface area contributed by atoms with E-state index in [0.29, 0.717) is 16.8 Å². The summed E-state index contributed by atoms with van der Waals surface area (Å²) in [5, 5.41) is 20.1. The fraction of sp³-hybridized carbons (Fsp3) is 0.462. The number of ether oxygens (including phenoxy) is 2. The Morgan fingerprint density at radius 3 is 2.70 bits per heavy atom. The molecular weight excluding hydrogens is 284 g/mol. The van der Waals surface area contributed by atoms with E-state index in [1.165, 1.54) is 0 Å². The number of hydrogen-bond donors (Lipinski definition) is 2. The van der Waals surface area contributed by atoms with E-state index in [-0.39, 0.29) is 5.28 Å². The van der Waals surface area contributed by atoms with Crippen LogP contribution < -0.4 is 4.74 Å². The first-order valence-electron chi connectivity index (χ1n) is 6.26. The Morgan fingerprint density at radius 1 is 1.35 bits per heavy atom. The zero-order chi connectivity index (χ0) is 14.4. The van der Waals surface area contributed by atoms with E-state index < -0.39 is 24.5 Å². The Morgan fingerprint density at radius 2 is 2.10 bits per heavy atom. The maximum atomic E-state index is 10.1. The lowest BCUT2D eigenvalue weighted by atomic mass is 10.1. The third-order valence-electron chi connectivity index (χ3n) is 3.59. The summed E-state index contributed by atoms with van der Waals surface area (Å²) in [4.78, 5) is 4.23.